The van der Waals surface area contributed by atoms with Crippen molar-refractivity contribution in [3.05, 3.63) is 0 Å². The predicted molar refractivity (Wildman–Crippen MR) is 71.8 cm³/mol. The maximum atomic E-state index is 9.60. The lowest BCUT2D eigenvalue weighted by Crippen LogP contribution is -2.31. The van der Waals surface area contributed by atoms with Crippen molar-refractivity contribution in [2.75, 3.05) is 53.2 Å². The summed E-state index contributed by atoms with van der Waals surface area (Å²) >= 11 is 0. The molecule has 0 rings (SSSR count). The maximum absolute atomic E-state index is 9.60. The lowest BCUT2D eigenvalue weighted by Gasteiger charge is -2.13. The van der Waals surface area contributed by atoms with E-state index in [1.807, 2.05) is 0 Å². The van der Waals surface area contributed by atoms with Crippen LogP contribution in [0.15, 0.2) is 0 Å². The minimum absolute atomic E-state index is 0.398. The lowest BCUT2D eigenvalue weighted by atomic mass is 10.2. The van der Waals surface area contributed by atoms with Crippen molar-refractivity contribution < 1.29 is 19.3 Å². The van der Waals surface area contributed by atoms with Crippen LogP contribution < -0.4 is 5.32 Å². The molecule has 0 aromatic rings. The molecule has 2 N–H and O–H groups in total. The summed E-state index contributed by atoms with van der Waals surface area (Å²) < 4.78 is 15.5. The minimum Gasteiger partial charge on any atom is -0.389 e. The van der Waals surface area contributed by atoms with Gasteiger partial charge in [-0.05, 0) is 18.9 Å². The normalized spacial score (nSPS) is 13.2. The van der Waals surface area contributed by atoms with Crippen molar-refractivity contribution in [1.82, 2.24) is 5.32 Å². The van der Waals surface area contributed by atoms with Gasteiger partial charge in [0.05, 0.1) is 25.9 Å². The predicted octanol–water partition coefficient (Wildman–Crippen LogP) is 0.663. The van der Waals surface area contributed by atoms with Gasteiger partial charge in [-0.3, -0.25) is 0 Å². The van der Waals surface area contributed by atoms with Crippen LogP contribution >= 0.6 is 0 Å². The van der Waals surface area contributed by atoms with Crippen molar-refractivity contribution in [2.45, 2.75) is 26.4 Å². The van der Waals surface area contributed by atoms with Crippen molar-refractivity contribution in [2.24, 2.45) is 5.92 Å². The van der Waals surface area contributed by atoms with Crippen LogP contribution in [0.3, 0.4) is 0 Å². The molecule has 0 radical (unpaired) electrons. The summed E-state index contributed by atoms with van der Waals surface area (Å²) in [6, 6.07) is 0. The Bertz CT molecular complexity index is 167. The summed E-state index contributed by atoms with van der Waals surface area (Å²) in [5.41, 5.74) is 0. The van der Waals surface area contributed by atoms with Gasteiger partial charge in [0.25, 0.3) is 0 Å². The zero-order valence-electron chi connectivity index (χ0n) is 12.0. The topological polar surface area (TPSA) is 60.0 Å². The van der Waals surface area contributed by atoms with Gasteiger partial charge >= 0.3 is 0 Å². The van der Waals surface area contributed by atoms with E-state index in [2.05, 4.69) is 19.2 Å². The highest BCUT2D eigenvalue weighted by Gasteiger charge is 2.04. The third kappa shape index (κ3) is 13.9. The second-order valence-corrected chi connectivity index (χ2v) is 4.75. The maximum Gasteiger partial charge on any atom is 0.0897 e. The second-order valence-electron chi connectivity index (χ2n) is 4.75. The molecule has 0 heterocycles. The Balaban J connectivity index is 3.12. The second kappa shape index (κ2) is 13.2. The quantitative estimate of drug-likeness (QED) is 0.478. The summed E-state index contributed by atoms with van der Waals surface area (Å²) in [4.78, 5) is 0. The molecule has 5 nitrogen and oxygen atoms in total. The van der Waals surface area contributed by atoms with Gasteiger partial charge in [0.15, 0.2) is 0 Å². The Hall–Kier alpha value is -0.200. The third-order valence-corrected chi connectivity index (χ3v) is 2.22. The molecule has 0 bridgehead atoms. The highest BCUT2D eigenvalue weighted by Crippen LogP contribution is 1.93. The molecule has 0 aliphatic heterocycles. The van der Waals surface area contributed by atoms with E-state index in [9.17, 15) is 5.11 Å². The van der Waals surface area contributed by atoms with Gasteiger partial charge in [-0.25, -0.2) is 0 Å². The first-order valence-electron chi connectivity index (χ1n) is 6.70. The van der Waals surface area contributed by atoms with E-state index >= 15 is 0 Å². The average Bonchev–Trinajstić information content (AvgIpc) is 2.32. The number of aliphatic hydroxyl groups is 1. The highest BCUT2D eigenvalue weighted by atomic mass is 16.5. The molecule has 0 aliphatic carbocycles. The first kappa shape index (κ1) is 17.8. The molecule has 0 aromatic carbocycles. The average molecular weight is 263 g/mol. The van der Waals surface area contributed by atoms with Crippen molar-refractivity contribution in [3.8, 4) is 0 Å². The highest BCUT2D eigenvalue weighted by molar-refractivity contribution is 4.58. The monoisotopic (exact) mass is 263 g/mol. The summed E-state index contributed by atoms with van der Waals surface area (Å²) in [7, 11) is 1.66. The van der Waals surface area contributed by atoms with Crippen LogP contribution in [-0.2, 0) is 14.2 Å². The number of methoxy groups -OCH3 is 1. The van der Waals surface area contributed by atoms with Crippen molar-refractivity contribution in [3.63, 3.8) is 0 Å². The SMILES string of the molecule is COCCOCCCNCC(O)COCC(C)C. The zero-order valence-corrected chi connectivity index (χ0v) is 12.0. The van der Waals surface area contributed by atoms with Gasteiger partial charge in [0.2, 0.25) is 0 Å². The standard InChI is InChI=1S/C13H29NO4/c1-12(2)10-18-11-13(15)9-14-5-4-6-17-8-7-16-3/h12-15H,4-11H2,1-3H3. The van der Waals surface area contributed by atoms with Gasteiger partial charge in [0.1, 0.15) is 0 Å². The van der Waals surface area contributed by atoms with Gasteiger partial charge in [-0.1, -0.05) is 13.8 Å². The Morgan fingerprint density at radius 3 is 2.50 bits per heavy atom. The molecule has 0 saturated heterocycles. The van der Waals surface area contributed by atoms with E-state index in [-0.39, 0.29) is 0 Å². The van der Waals surface area contributed by atoms with E-state index in [4.69, 9.17) is 14.2 Å². The Kier molecular flexibility index (Phi) is 13.1. The van der Waals surface area contributed by atoms with Crippen LogP contribution in [0.5, 0.6) is 0 Å². The number of nitrogens with one attached hydrogen (secondary N) is 1. The summed E-state index contributed by atoms with van der Waals surface area (Å²) in [5, 5.41) is 12.8. The van der Waals surface area contributed by atoms with E-state index in [0.29, 0.717) is 38.9 Å². The smallest absolute Gasteiger partial charge is 0.0897 e. The molecule has 5 heteroatoms. The minimum atomic E-state index is -0.432. The Labute approximate surface area is 111 Å². The molecular weight excluding hydrogens is 234 g/mol. The number of hydrogen-bond acceptors (Lipinski definition) is 5. The zero-order chi connectivity index (χ0) is 13.6. The molecule has 1 atom stereocenters. The van der Waals surface area contributed by atoms with Crippen LogP contribution in [-0.4, -0.2) is 64.4 Å². The van der Waals surface area contributed by atoms with E-state index < -0.39 is 6.10 Å². The number of rotatable bonds is 13. The first-order chi connectivity index (χ1) is 8.66. The van der Waals surface area contributed by atoms with Crippen LogP contribution in [0.2, 0.25) is 0 Å². The van der Waals surface area contributed by atoms with Crippen molar-refractivity contribution in [1.29, 1.82) is 0 Å². The third-order valence-electron chi connectivity index (χ3n) is 2.22. The van der Waals surface area contributed by atoms with Gasteiger partial charge in [-0.15, -0.1) is 0 Å². The molecule has 0 saturated carbocycles. The molecule has 110 valence electrons. The molecule has 1 unspecified atom stereocenters. The number of ether oxygens (including phenoxy) is 3. The molecule has 0 aromatic heterocycles. The number of aliphatic hydroxyl groups excluding tert-OH is 1. The molecular formula is C13H29NO4. The first-order valence-corrected chi connectivity index (χ1v) is 6.70. The summed E-state index contributed by atoms with van der Waals surface area (Å²) in [6.45, 7) is 8.69. The molecule has 0 spiro atoms. The molecule has 0 aliphatic rings. The molecule has 0 amide bonds. The molecule has 0 fully saturated rings. The Morgan fingerprint density at radius 1 is 1.06 bits per heavy atom. The molecule has 18 heavy (non-hydrogen) atoms. The van der Waals surface area contributed by atoms with E-state index in [0.717, 1.165) is 19.6 Å². The van der Waals surface area contributed by atoms with E-state index in [1.165, 1.54) is 0 Å². The fourth-order valence-corrected chi connectivity index (χ4v) is 1.31. The number of hydrogen-bond donors (Lipinski definition) is 2. The van der Waals surface area contributed by atoms with Crippen LogP contribution in [0.25, 0.3) is 0 Å². The van der Waals surface area contributed by atoms with E-state index in [1.54, 1.807) is 7.11 Å². The Morgan fingerprint density at radius 2 is 1.83 bits per heavy atom. The van der Waals surface area contributed by atoms with Gasteiger partial charge < -0.3 is 24.6 Å². The fraction of sp³-hybridized carbons (Fsp3) is 1.00. The van der Waals surface area contributed by atoms with Crippen LogP contribution in [0.1, 0.15) is 20.3 Å². The van der Waals surface area contributed by atoms with Crippen LogP contribution in [0.4, 0.5) is 0 Å². The largest absolute Gasteiger partial charge is 0.389 e. The van der Waals surface area contributed by atoms with Gasteiger partial charge in [0, 0.05) is 26.9 Å². The van der Waals surface area contributed by atoms with Crippen LogP contribution in [0, 0.1) is 5.92 Å². The summed E-state index contributed by atoms with van der Waals surface area (Å²) in [5.74, 6) is 0.509. The lowest BCUT2D eigenvalue weighted by molar-refractivity contribution is 0.0257. The fourth-order valence-electron chi connectivity index (χ4n) is 1.31. The van der Waals surface area contributed by atoms with Crippen molar-refractivity contribution >= 4 is 0 Å². The van der Waals surface area contributed by atoms with Gasteiger partial charge in [-0.2, -0.15) is 0 Å². The summed E-state index contributed by atoms with van der Waals surface area (Å²) in [6.07, 6.45) is 0.502.